The average Bonchev–Trinajstić information content (AvgIpc) is 2.69. The lowest BCUT2D eigenvalue weighted by Crippen LogP contribution is -2.50. The summed E-state index contributed by atoms with van der Waals surface area (Å²) in [5.74, 6) is 0.689. The molecule has 5 N–H and O–H groups in total. The van der Waals surface area contributed by atoms with Gasteiger partial charge in [0.2, 0.25) is 0 Å². The van der Waals surface area contributed by atoms with Crippen LogP contribution in [0.3, 0.4) is 0 Å². The molecule has 0 aliphatic rings. The highest BCUT2D eigenvalue weighted by Gasteiger charge is 2.34. The van der Waals surface area contributed by atoms with Crippen LogP contribution in [-0.4, -0.2) is 69.3 Å². The van der Waals surface area contributed by atoms with Gasteiger partial charge in [-0.25, -0.2) is 0 Å². The van der Waals surface area contributed by atoms with Crippen molar-refractivity contribution in [2.24, 2.45) is 0 Å². The van der Waals surface area contributed by atoms with Gasteiger partial charge < -0.3 is 35.0 Å². The molecular weight excluding hydrogens is 352 g/mol. The van der Waals surface area contributed by atoms with Crippen LogP contribution in [0.2, 0.25) is 0 Å². The first kappa shape index (κ1) is 23.6. The van der Waals surface area contributed by atoms with Gasteiger partial charge in [-0.15, -0.1) is 6.58 Å². The lowest BCUT2D eigenvalue weighted by atomic mass is 9.97. The Kier molecular flexibility index (Phi) is 11.2. The van der Waals surface area contributed by atoms with Crippen molar-refractivity contribution in [1.29, 1.82) is 0 Å². The smallest absolute Gasteiger partial charge is 0.124 e. The molecular formula is C20H32O7. The van der Waals surface area contributed by atoms with E-state index in [9.17, 15) is 20.4 Å². The third-order valence-electron chi connectivity index (χ3n) is 4.24. The summed E-state index contributed by atoms with van der Waals surface area (Å²) in [4.78, 5) is 0. The summed E-state index contributed by atoms with van der Waals surface area (Å²) in [5.41, 5.74) is 0.792. The Morgan fingerprint density at radius 3 is 2.41 bits per heavy atom. The van der Waals surface area contributed by atoms with Gasteiger partial charge in [0.15, 0.2) is 0 Å². The SMILES string of the molecule is C=CCC(OCc1ccccc1OCCCC)C(O)C(O)C(O)C(O)CO. The zero-order chi connectivity index (χ0) is 20.2. The van der Waals surface area contributed by atoms with Crippen LogP contribution in [0.25, 0.3) is 0 Å². The van der Waals surface area contributed by atoms with E-state index in [4.69, 9.17) is 14.6 Å². The molecule has 7 nitrogen and oxygen atoms in total. The Bertz CT molecular complexity index is 537. The molecule has 0 aromatic heterocycles. The van der Waals surface area contributed by atoms with E-state index in [1.807, 2.05) is 24.3 Å². The number of unbranched alkanes of at least 4 members (excludes halogenated alkanes) is 1. The minimum atomic E-state index is -1.70. The van der Waals surface area contributed by atoms with Gasteiger partial charge in [-0.3, -0.25) is 0 Å². The first-order valence-corrected chi connectivity index (χ1v) is 9.22. The first-order chi connectivity index (χ1) is 13.0. The van der Waals surface area contributed by atoms with Crippen molar-refractivity contribution in [3.05, 3.63) is 42.5 Å². The summed E-state index contributed by atoms with van der Waals surface area (Å²) in [6.45, 7) is 5.67. The van der Waals surface area contributed by atoms with E-state index < -0.39 is 37.1 Å². The lowest BCUT2D eigenvalue weighted by molar-refractivity contribution is -0.152. The molecule has 7 heteroatoms. The molecule has 0 bridgehead atoms. The Morgan fingerprint density at radius 1 is 1.07 bits per heavy atom. The second kappa shape index (κ2) is 12.8. The molecule has 0 saturated carbocycles. The Morgan fingerprint density at radius 2 is 1.78 bits per heavy atom. The molecule has 5 atom stereocenters. The second-order valence-electron chi connectivity index (χ2n) is 6.41. The largest absolute Gasteiger partial charge is 0.493 e. The maximum Gasteiger partial charge on any atom is 0.124 e. The van der Waals surface area contributed by atoms with Gasteiger partial charge in [-0.2, -0.15) is 0 Å². The predicted molar refractivity (Wildman–Crippen MR) is 101 cm³/mol. The second-order valence-corrected chi connectivity index (χ2v) is 6.41. The van der Waals surface area contributed by atoms with E-state index in [0.717, 1.165) is 18.4 Å². The molecule has 0 radical (unpaired) electrons. The highest BCUT2D eigenvalue weighted by atomic mass is 16.5. The number of ether oxygens (including phenoxy) is 2. The van der Waals surface area contributed by atoms with Crippen molar-refractivity contribution < 1.29 is 35.0 Å². The molecule has 27 heavy (non-hydrogen) atoms. The molecule has 1 aromatic rings. The molecule has 0 heterocycles. The van der Waals surface area contributed by atoms with Crippen molar-refractivity contribution >= 4 is 0 Å². The normalized spacial score (nSPS) is 17.0. The van der Waals surface area contributed by atoms with Crippen LogP contribution in [-0.2, 0) is 11.3 Å². The number of benzene rings is 1. The predicted octanol–water partition coefficient (Wildman–Crippen LogP) is 0.763. The lowest BCUT2D eigenvalue weighted by Gasteiger charge is -2.30. The third-order valence-corrected chi connectivity index (χ3v) is 4.24. The quantitative estimate of drug-likeness (QED) is 0.237. The molecule has 0 amide bonds. The van der Waals surface area contributed by atoms with Crippen LogP contribution in [0, 0.1) is 0 Å². The Hall–Kier alpha value is -1.48. The van der Waals surface area contributed by atoms with E-state index in [1.54, 1.807) is 0 Å². The molecule has 154 valence electrons. The minimum absolute atomic E-state index is 0.128. The van der Waals surface area contributed by atoms with Gasteiger partial charge in [-0.05, 0) is 18.9 Å². The van der Waals surface area contributed by atoms with Crippen LogP contribution in [0.15, 0.2) is 36.9 Å². The number of rotatable bonds is 14. The monoisotopic (exact) mass is 384 g/mol. The van der Waals surface area contributed by atoms with E-state index in [-0.39, 0.29) is 13.0 Å². The highest BCUT2D eigenvalue weighted by Crippen LogP contribution is 2.22. The van der Waals surface area contributed by atoms with Crippen LogP contribution >= 0.6 is 0 Å². The highest BCUT2D eigenvalue weighted by molar-refractivity contribution is 5.32. The fraction of sp³-hybridized carbons (Fsp3) is 0.600. The van der Waals surface area contributed by atoms with Gasteiger partial charge in [0, 0.05) is 5.56 Å². The van der Waals surface area contributed by atoms with E-state index in [2.05, 4.69) is 13.5 Å². The summed E-state index contributed by atoms with van der Waals surface area (Å²) < 4.78 is 11.5. The summed E-state index contributed by atoms with van der Waals surface area (Å²) in [7, 11) is 0. The van der Waals surface area contributed by atoms with Crippen molar-refractivity contribution in [1.82, 2.24) is 0 Å². The molecule has 0 aliphatic heterocycles. The average molecular weight is 384 g/mol. The molecule has 1 aromatic carbocycles. The maximum atomic E-state index is 10.3. The molecule has 0 saturated heterocycles. The van der Waals surface area contributed by atoms with Gasteiger partial charge >= 0.3 is 0 Å². The minimum Gasteiger partial charge on any atom is -0.493 e. The first-order valence-electron chi connectivity index (χ1n) is 9.22. The molecule has 1 rings (SSSR count). The van der Waals surface area contributed by atoms with Gasteiger partial charge in [0.1, 0.15) is 30.2 Å². The Labute approximate surface area is 160 Å². The summed E-state index contributed by atoms with van der Waals surface area (Å²) in [6.07, 6.45) is -3.59. The fourth-order valence-electron chi connectivity index (χ4n) is 2.52. The standard InChI is InChI=1S/C20H32O7/c1-3-5-11-26-16-10-7-6-9-14(16)13-27-17(8-4-2)19(24)20(25)18(23)15(22)12-21/h4,6-7,9-10,15,17-25H,2-3,5,8,11-13H2,1H3. The summed E-state index contributed by atoms with van der Waals surface area (Å²) in [6, 6.07) is 7.39. The number of aliphatic hydroxyl groups is 5. The maximum absolute atomic E-state index is 10.3. The van der Waals surface area contributed by atoms with Crippen LogP contribution < -0.4 is 4.74 Å². The van der Waals surface area contributed by atoms with E-state index >= 15 is 0 Å². The van der Waals surface area contributed by atoms with Crippen LogP contribution in [0.1, 0.15) is 31.7 Å². The van der Waals surface area contributed by atoms with Crippen LogP contribution in [0.5, 0.6) is 5.75 Å². The molecule has 5 unspecified atom stereocenters. The zero-order valence-corrected chi connectivity index (χ0v) is 15.8. The molecule has 0 aliphatic carbocycles. The fourth-order valence-corrected chi connectivity index (χ4v) is 2.52. The van der Waals surface area contributed by atoms with Gasteiger partial charge in [0.05, 0.1) is 25.9 Å². The zero-order valence-electron chi connectivity index (χ0n) is 15.8. The number of para-hydroxylation sites is 1. The van der Waals surface area contributed by atoms with E-state index in [1.165, 1.54) is 6.08 Å². The van der Waals surface area contributed by atoms with Crippen molar-refractivity contribution in [3.8, 4) is 5.75 Å². The third kappa shape index (κ3) is 7.57. The molecule has 0 spiro atoms. The van der Waals surface area contributed by atoms with Crippen molar-refractivity contribution in [2.75, 3.05) is 13.2 Å². The van der Waals surface area contributed by atoms with E-state index in [0.29, 0.717) is 12.4 Å². The van der Waals surface area contributed by atoms with Crippen LogP contribution in [0.4, 0.5) is 0 Å². The topological polar surface area (TPSA) is 120 Å². The number of hydrogen-bond acceptors (Lipinski definition) is 7. The van der Waals surface area contributed by atoms with Crippen molar-refractivity contribution in [3.63, 3.8) is 0 Å². The Balaban J connectivity index is 2.76. The van der Waals surface area contributed by atoms with Gasteiger partial charge in [-0.1, -0.05) is 37.6 Å². The molecule has 0 fully saturated rings. The number of hydrogen-bond donors (Lipinski definition) is 5. The van der Waals surface area contributed by atoms with Crippen molar-refractivity contribution in [2.45, 2.75) is 63.3 Å². The number of aliphatic hydroxyl groups excluding tert-OH is 5. The van der Waals surface area contributed by atoms with Gasteiger partial charge in [0.25, 0.3) is 0 Å². The summed E-state index contributed by atoms with van der Waals surface area (Å²) >= 11 is 0. The summed E-state index contributed by atoms with van der Waals surface area (Å²) in [5, 5.41) is 48.6.